The van der Waals surface area contributed by atoms with Gasteiger partial charge in [-0.1, -0.05) is 72.8 Å². The number of amides is 1. The maximum Gasteiger partial charge on any atom is 0.270 e. The molecule has 30 heavy (non-hydrogen) atoms. The van der Waals surface area contributed by atoms with Crippen LogP contribution >= 0.6 is 0 Å². The van der Waals surface area contributed by atoms with Gasteiger partial charge in [-0.2, -0.15) is 0 Å². The summed E-state index contributed by atoms with van der Waals surface area (Å²) in [6.45, 7) is 1.98. The van der Waals surface area contributed by atoms with Gasteiger partial charge in [0.15, 0.2) is 0 Å². The van der Waals surface area contributed by atoms with Gasteiger partial charge in [-0.3, -0.25) is 14.9 Å². The maximum atomic E-state index is 13.1. The number of carbonyl (C=O) groups is 1. The minimum atomic E-state index is -0.439. The number of nitrogens with zero attached hydrogens (tertiary/aromatic N) is 1. The lowest BCUT2D eigenvalue weighted by atomic mass is 10.0. The summed E-state index contributed by atoms with van der Waals surface area (Å²) in [5, 5.41) is 14.1. The number of hydrogen-bond donors (Lipinski definition) is 1. The summed E-state index contributed by atoms with van der Waals surface area (Å²) in [5.41, 5.74) is 3.07. The largest absolute Gasteiger partial charge is 0.350 e. The zero-order chi connectivity index (χ0) is 21.3. The summed E-state index contributed by atoms with van der Waals surface area (Å²) >= 11 is 0. The van der Waals surface area contributed by atoms with E-state index in [0.717, 1.165) is 18.4 Å². The van der Waals surface area contributed by atoms with Crippen LogP contribution in [-0.2, 0) is 11.2 Å². The van der Waals surface area contributed by atoms with Crippen molar-refractivity contribution in [1.82, 2.24) is 5.32 Å². The lowest BCUT2D eigenvalue weighted by molar-refractivity contribution is -0.384. The van der Waals surface area contributed by atoms with Crippen LogP contribution in [-0.4, -0.2) is 16.9 Å². The van der Waals surface area contributed by atoms with Gasteiger partial charge in [0.25, 0.3) is 11.6 Å². The molecular formula is C25H24N2O3. The first-order valence-electron chi connectivity index (χ1n) is 9.89. The summed E-state index contributed by atoms with van der Waals surface area (Å²) in [5.74, 6) is -0.201. The zero-order valence-corrected chi connectivity index (χ0v) is 16.8. The molecule has 1 amide bonds. The first-order chi connectivity index (χ1) is 14.5. The Morgan fingerprint density at radius 3 is 2.33 bits per heavy atom. The second-order valence-corrected chi connectivity index (χ2v) is 7.17. The summed E-state index contributed by atoms with van der Waals surface area (Å²) in [6.07, 6.45) is 3.38. The van der Waals surface area contributed by atoms with Gasteiger partial charge in [0.1, 0.15) is 0 Å². The van der Waals surface area contributed by atoms with Gasteiger partial charge >= 0.3 is 0 Å². The third-order valence-electron chi connectivity index (χ3n) is 4.81. The van der Waals surface area contributed by atoms with E-state index in [0.29, 0.717) is 11.1 Å². The van der Waals surface area contributed by atoms with Crippen molar-refractivity contribution in [2.24, 2.45) is 0 Å². The average molecular weight is 400 g/mol. The molecule has 1 N–H and O–H groups in total. The number of hydrogen-bond acceptors (Lipinski definition) is 3. The highest BCUT2D eigenvalue weighted by Gasteiger charge is 2.15. The molecule has 5 heteroatoms. The van der Waals surface area contributed by atoms with Gasteiger partial charge in [0.05, 0.1) is 4.92 Å². The van der Waals surface area contributed by atoms with Crippen LogP contribution in [0.3, 0.4) is 0 Å². The number of aryl methyl sites for hydroxylation is 1. The lowest BCUT2D eigenvalue weighted by Gasteiger charge is -2.16. The highest BCUT2D eigenvalue weighted by Crippen LogP contribution is 2.21. The smallest absolute Gasteiger partial charge is 0.270 e. The fraction of sp³-hybridized carbons (Fsp3) is 0.160. The fourth-order valence-corrected chi connectivity index (χ4v) is 3.19. The molecule has 0 bridgehead atoms. The van der Waals surface area contributed by atoms with Crippen molar-refractivity contribution in [3.8, 4) is 0 Å². The average Bonchev–Trinajstić information content (AvgIpc) is 2.77. The van der Waals surface area contributed by atoms with Crippen LogP contribution in [0.1, 0.15) is 30.0 Å². The Morgan fingerprint density at radius 1 is 1.00 bits per heavy atom. The van der Waals surface area contributed by atoms with Crippen molar-refractivity contribution < 1.29 is 9.72 Å². The maximum absolute atomic E-state index is 13.1. The minimum absolute atomic E-state index is 0.00667. The Morgan fingerprint density at radius 2 is 1.67 bits per heavy atom. The van der Waals surface area contributed by atoms with E-state index in [1.807, 2.05) is 55.5 Å². The molecule has 0 aliphatic carbocycles. The predicted octanol–water partition coefficient (Wildman–Crippen LogP) is 5.27. The lowest BCUT2D eigenvalue weighted by Crippen LogP contribution is -2.33. The van der Waals surface area contributed by atoms with Crippen molar-refractivity contribution in [2.75, 3.05) is 0 Å². The summed E-state index contributed by atoms with van der Waals surface area (Å²) in [4.78, 5) is 23.7. The molecule has 5 nitrogen and oxygen atoms in total. The van der Waals surface area contributed by atoms with Gasteiger partial charge in [-0.25, -0.2) is 0 Å². The predicted molar refractivity (Wildman–Crippen MR) is 120 cm³/mol. The molecule has 0 aliphatic heterocycles. The van der Waals surface area contributed by atoms with E-state index in [2.05, 4.69) is 17.4 Å². The quantitative estimate of drug-likeness (QED) is 0.242. The van der Waals surface area contributed by atoms with E-state index in [4.69, 9.17) is 0 Å². The number of rotatable bonds is 8. The summed E-state index contributed by atoms with van der Waals surface area (Å²) < 4.78 is 0. The second-order valence-electron chi connectivity index (χ2n) is 7.17. The van der Waals surface area contributed by atoms with Crippen LogP contribution in [0.15, 0.2) is 84.9 Å². The molecular weight excluding hydrogens is 376 g/mol. The van der Waals surface area contributed by atoms with Crippen LogP contribution in [0.4, 0.5) is 5.69 Å². The number of nitrogens with one attached hydrogen (secondary N) is 1. The van der Waals surface area contributed by atoms with E-state index < -0.39 is 4.92 Å². The zero-order valence-electron chi connectivity index (χ0n) is 16.8. The molecule has 0 saturated carbocycles. The Labute approximate surface area is 176 Å². The van der Waals surface area contributed by atoms with Crippen molar-refractivity contribution in [3.05, 3.63) is 112 Å². The number of nitro groups is 1. The Balaban J connectivity index is 1.79. The van der Waals surface area contributed by atoms with Crippen LogP contribution in [0, 0.1) is 10.1 Å². The Bertz CT molecular complexity index is 1030. The molecule has 0 aromatic heterocycles. The van der Waals surface area contributed by atoms with Gasteiger partial charge in [0, 0.05) is 23.7 Å². The first-order valence-corrected chi connectivity index (χ1v) is 9.89. The molecule has 3 aromatic carbocycles. The van der Waals surface area contributed by atoms with Crippen molar-refractivity contribution in [2.45, 2.75) is 25.8 Å². The second kappa shape index (κ2) is 10.2. The monoisotopic (exact) mass is 400 g/mol. The highest BCUT2D eigenvalue weighted by molar-refractivity contribution is 6.24. The molecule has 0 unspecified atom stereocenters. The third-order valence-corrected chi connectivity index (χ3v) is 4.81. The molecule has 0 heterocycles. The fourth-order valence-electron chi connectivity index (χ4n) is 3.19. The van der Waals surface area contributed by atoms with Crippen molar-refractivity contribution in [1.29, 1.82) is 0 Å². The molecule has 1 atom stereocenters. The van der Waals surface area contributed by atoms with Gasteiger partial charge in [-0.15, -0.1) is 0 Å². The highest BCUT2D eigenvalue weighted by atomic mass is 16.6. The molecule has 0 fully saturated rings. The first kappa shape index (κ1) is 21.0. The van der Waals surface area contributed by atoms with Crippen LogP contribution in [0.2, 0.25) is 0 Å². The van der Waals surface area contributed by atoms with Gasteiger partial charge in [-0.05, 0) is 42.5 Å². The topological polar surface area (TPSA) is 72.2 Å². The standard InChI is InChI=1S/C25H24N2O3/c1-19(15-16-20-9-4-2-5-10-20)26-25(28)24(22-12-6-3-7-13-22)18-21-11-8-14-23(17-21)27(29)30/h2-14,17-19H,15-16H2,1H3,(H,26,28)/b24-18+/t19-/m1/s1. The van der Waals surface area contributed by atoms with Crippen LogP contribution < -0.4 is 5.32 Å². The van der Waals surface area contributed by atoms with Crippen molar-refractivity contribution in [3.63, 3.8) is 0 Å². The molecule has 0 radical (unpaired) electrons. The molecule has 0 aliphatic rings. The van der Waals surface area contributed by atoms with Crippen LogP contribution in [0.25, 0.3) is 11.6 Å². The van der Waals surface area contributed by atoms with Gasteiger partial charge in [0.2, 0.25) is 0 Å². The number of non-ortho nitro benzene ring substituents is 1. The van der Waals surface area contributed by atoms with E-state index in [9.17, 15) is 14.9 Å². The number of benzene rings is 3. The number of nitro benzene ring substituents is 1. The molecule has 3 rings (SSSR count). The SMILES string of the molecule is C[C@H](CCc1ccccc1)NC(=O)/C(=C/c1cccc([N+](=O)[O-])c1)c1ccccc1. The van der Waals surface area contributed by atoms with Gasteiger partial charge < -0.3 is 5.32 Å². The summed E-state index contributed by atoms with van der Waals surface area (Å²) in [6, 6.07) is 25.7. The molecule has 3 aromatic rings. The van der Waals surface area contributed by atoms with E-state index in [-0.39, 0.29) is 17.6 Å². The summed E-state index contributed by atoms with van der Waals surface area (Å²) in [7, 11) is 0. The Kier molecular flexibility index (Phi) is 7.11. The Hall–Kier alpha value is -3.73. The molecule has 0 saturated heterocycles. The van der Waals surface area contributed by atoms with E-state index >= 15 is 0 Å². The molecule has 152 valence electrons. The van der Waals surface area contributed by atoms with Crippen molar-refractivity contribution >= 4 is 23.2 Å². The third kappa shape index (κ3) is 5.88. The minimum Gasteiger partial charge on any atom is -0.350 e. The van der Waals surface area contributed by atoms with E-state index in [1.54, 1.807) is 18.2 Å². The van der Waals surface area contributed by atoms with Crippen LogP contribution in [0.5, 0.6) is 0 Å². The normalized spacial score (nSPS) is 12.2. The molecule has 0 spiro atoms. The number of carbonyl (C=O) groups excluding carboxylic acids is 1. The van der Waals surface area contributed by atoms with E-state index in [1.165, 1.54) is 17.7 Å².